The molecule has 8 heteroatoms. The van der Waals surface area contributed by atoms with E-state index in [1.807, 2.05) is 32.0 Å². The summed E-state index contributed by atoms with van der Waals surface area (Å²) in [4.78, 5) is 21.7. The van der Waals surface area contributed by atoms with Crippen LogP contribution in [0.5, 0.6) is 5.75 Å². The van der Waals surface area contributed by atoms with Crippen LogP contribution in [0.4, 0.5) is 5.13 Å². The SMILES string of the molecule is CCOc1ccc2nc(/N=C/c3c(C)[nH]n(-c4ccc(Cl)cc4)c3=O)sc2c1. The average molecular weight is 413 g/mol. The highest BCUT2D eigenvalue weighted by atomic mass is 35.5. The Kier molecular flexibility index (Phi) is 5.02. The molecular weight excluding hydrogens is 396 g/mol. The second-order valence-electron chi connectivity index (χ2n) is 6.08. The highest BCUT2D eigenvalue weighted by Crippen LogP contribution is 2.30. The molecule has 1 N–H and O–H groups in total. The van der Waals surface area contributed by atoms with Crippen molar-refractivity contribution in [1.29, 1.82) is 0 Å². The number of nitrogens with zero attached hydrogens (tertiary/aromatic N) is 3. The summed E-state index contributed by atoms with van der Waals surface area (Å²) in [6, 6.07) is 12.8. The number of aromatic nitrogens is 3. The maximum absolute atomic E-state index is 12.8. The van der Waals surface area contributed by atoms with Gasteiger partial charge in [-0.3, -0.25) is 9.89 Å². The van der Waals surface area contributed by atoms with Gasteiger partial charge in [0.1, 0.15) is 5.75 Å². The van der Waals surface area contributed by atoms with E-state index in [9.17, 15) is 4.79 Å². The Morgan fingerprint density at radius 3 is 2.82 bits per heavy atom. The quantitative estimate of drug-likeness (QED) is 0.474. The van der Waals surface area contributed by atoms with E-state index < -0.39 is 0 Å². The number of aryl methyl sites for hydroxylation is 1. The van der Waals surface area contributed by atoms with E-state index in [2.05, 4.69) is 15.1 Å². The number of fused-ring (bicyclic) bond motifs is 1. The van der Waals surface area contributed by atoms with Gasteiger partial charge in [0.15, 0.2) is 0 Å². The molecule has 2 aromatic heterocycles. The first-order valence-corrected chi connectivity index (χ1v) is 9.89. The topological polar surface area (TPSA) is 72.3 Å². The lowest BCUT2D eigenvalue weighted by Gasteiger charge is -2.00. The summed E-state index contributed by atoms with van der Waals surface area (Å²) in [5, 5.41) is 4.27. The zero-order valence-corrected chi connectivity index (χ0v) is 16.8. The van der Waals surface area contributed by atoms with Crippen LogP contribution in [0.25, 0.3) is 15.9 Å². The molecule has 0 spiro atoms. The van der Waals surface area contributed by atoms with Crippen molar-refractivity contribution in [1.82, 2.24) is 14.8 Å². The first-order valence-electron chi connectivity index (χ1n) is 8.70. The van der Waals surface area contributed by atoms with Crippen molar-refractivity contribution in [3.8, 4) is 11.4 Å². The molecule has 0 fully saturated rings. The number of aliphatic imine (C=N–C) groups is 1. The van der Waals surface area contributed by atoms with Crippen molar-refractivity contribution >= 4 is 44.5 Å². The van der Waals surface area contributed by atoms with E-state index in [0.29, 0.717) is 28.0 Å². The van der Waals surface area contributed by atoms with Crippen molar-refractivity contribution < 1.29 is 4.74 Å². The zero-order chi connectivity index (χ0) is 19.7. The number of nitrogens with one attached hydrogen (secondary N) is 1. The van der Waals surface area contributed by atoms with Crippen LogP contribution in [0.2, 0.25) is 5.02 Å². The third-order valence-corrected chi connectivity index (χ3v) is 5.34. The number of aromatic amines is 1. The van der Waals surface area contributed by atoms with Gasteiger partial charge in [-0.1, -0.05) is 22.9 Å². The largest absolute Gasteiger partial charge is 0.494 e. The molecule has 28 heavy (non-hydrogen) atoms. The van der Waals surface area contributed by atoms with E-state index in [0.717, 1.165) is 21.7 Å². The Labute approximate surface area is 170 Å². The summed E-state index contributed by atoms with van der Waals surface area (Å²) >= 11 is 7.37. The van der Waals surface area contributed by atoms with Gasteiger partial charge in [-0.15, -0.1) is 0 Å². The molecule has 0 aliphatic carbocycles. The lowest BCUT2D eigenvalue weighted by atomic mass is 10.3. The van der Waals surface area contributed by atoms with E-state index in [-0.39, 0.29) is 5.56 Å². The lowest BCUT2D eigenvalue weighted by molar-refractivity contribution is 0.341. The number of thiazole rings is 1. The second kappa shape index (κ2) is 7.61. The predicted molar refractivity (Wildman–Crippen MR) is 114 cm³/mol. The molecule has 4 aromatic rings. The highest BCUT2D eigenvalue weighted by molar-refractivity contribution is 7.22. The Bertz CT molecular complexity index is 1220. The number of rotatable bonds is 5. The minimum Gasteiger partial charge on any atom is -0.494 e. The van der Waals surface area contributed by atoms with Gasteiger partial charge in [0, 0.05) is 16.9 Å². The molecule has 0 aliphatic heterocycles. The number of hydrogen-bond acceptors (Lipinski definition) is 5. The first-order chi connectivity index (χ1) is 13.5. The Balaban J connectivity index is 1.65. The van der Waals surface area contributed by atoms with Gasteiger partial charge in [0.25, 0.3) is 5.56 Å². The van der Waals surface area contributed by atoms with Gasteiger partial charge in [0.2, 0.25) is 5.13 Å². The molecule has 0 amide bonds. The Morgan fingerprint density at radius 1 is 1.29 bits per heavy atom. The molecule has 142 valence electrons. The Hall–Kier alpha value is -2.90. The zero-order valence-electron chi connectivity index (χ0n) is 15.3. The maximum Gasteiger partial charge on any atom is 0.280 e. The van der Waals surface area contributed by atoms with E-state index in [4.69, 9.17) is 16.3 Å². The second-order valence-corrected chi connectivity index (χ2v) is 7.53. The normalized spacial score (nSPS) is 11.5. The van der Waals surface area contributed by atoms with Gasteiger partial charge < -0.3 is 4.74 Å². The summed E-state index contributed by atoms with van der Waals surface area (Å²) in [5.41, 5.74) is 2.60. The molecule has 0 aliphatic rings. The van der Waals surface area contributed by atoms with Crippen LogP contribution in [0.15, 0.2) is 52.3 Å². The summed E-state index contributed by atoms with van der Waals surface area (Å²) < 4.78 is 7.98. The van der Waals surface area contributed by atoms with Gasteiger partial charge in [0.05, 0.1) is 28.1 Å². The van der Waals surface area contributed by atoms with E-state index in [1.165, 1.54) is 16.0 Å². The fourth-order valence-corrected chi connectivity index (χ4v) is 3.77. The van der Waals surface area contributed by atoms with Crippen molar-refractivity contribution in [3.63, 3.8) is 0 Å². The molecule has 0 radical (unpaired) electrons. The number of hydrogen-bond donors (Lipinski definition) is 1. The smallest absolute Gasteiger partial charge is 0.280 e. The van der Waals surface area contributed by atoms with E-state index >= 15 is 0 Å². The number of benzene rings is 2. The number of ether oxygens (including phenoxy) is 1. The summed E-state index contributed by atoms with van der Waals surface area (Å²) in [7, 11) is 0. The van der Waals surface area contributed by atoms with Gasteiger partial charge >= 0.3 is 0 Å². The van der Waals surface area contributed by atoms with Crippen LogP contribution in [0, 0.1) is 6.92 Å². The van der Waals surface area contributed by atoms with Gasteiger partial charge in [-0.25, -0.2) is 14.7 Å². The number of halogens is 1. The summed E-state index contributed by atoms with van der Waals surface area (Å²) in [5.74, 6) is 0.807. The molecule has 6 nitrogen and oxygen atoms in total. The van der Waals surface area contributed by atoms with Crippen molar-refractivity contribution in [2.45, 2.75) is 13.8 Å². The third-order valence-electron chi connectivity index (χ3n) is 4.17. The molecule has 0 atom stereocenters. The van der Waals surface area contributed by atoms with Crippen LogP contribution in [0.3, 0.4) is 0 Å². The monoisotopic (exact) mass is 412 g/mol. The van der Waals surface area contributed by atoms with Crippen LogP contribution in [0.1, 0.15) is 18.2 Å². The minimum atomic E-state index is -0.177. The fourth-order valence-electron chi connectivity index (χ4n) is 2.81. The average Bonchev–Trinajstić information content (AvgIpc) is 3.21. The summed E-state index contributed by atoms with van der Waals surface area (Å²) in [6.45, 7) is 4.40. The highest BCUT2D eigenvalue weighted by Gasteiger charge is 2.11. The molecule has 4 rings (SSSR count). The standard InChI is InChI=1S/C20H17ClN4O2S/c1-3-27-15-8-9-17-18(10-15)28-20(23-17)22-11-16-12(2)24-25(19(16)26)14-6-4-13(21)5-7-14/h4-11,24H,3H2,1-2H3/b22-11+. The molecular formula is C20H17ClN4O2S. The maximum atomic E-state index is 12.8. The van der Waals surface area contributed by atoms with Gasteiger partial charge in [-0.2, -0.15) is 0 Å². The molecule has 2 heterocycles. The van der Waals surface area contributed by atoms with Crippen molar-refractivity contribution in [3.05, 3.63) is 69.1 Å². The minimum absolute atomic E-state index is 0.177. The first kappa shape index (κ1) is 18.5. The Morgan fingerprint density at radius 2 is 2.07 bits per heavy atom. The predicted octanol–water partition coefficient (Wildman–Crippen LogP) is 4.89. The number of H-pyrrole nitrogens is 1. The third kappa shape index (κ3) is 3.58. The molecule has 0 saturated heterocycles. The van der Waals surface area contributed by atoms with Crippen molar-refractivity contribution in [2.24, 2.45) is 4.99 Å². The fraction of sp³-hybridized carbons (Fsp3) is 0.150. The molecule has 0 unspecified atom stereocenters. The molecule has 2 aromatic carbocycles. The van der Waals surface area contributed by atoms with Gasteiger partial charge in [-0.05, 0) is 56.3 Å². The van der Waals surface area contributed by atoms with Crippen LogP contribution in [-0.2, 0) is 0 Å². The lowest BCUT2D eigenvalue weighted by Crippen LogP contribution is -2.17. The van der Waals surface area contributed by atoms with Crippen LogP contribution in [-0.4, -0.2) is 27.6 Å². The van der Waals surface area contributed by atoms with Crippen molar-refractivity contribution in [2.75, 3.05) is 6.61 Å². The van der Waals surface area contributed by atoms with E-state index in [1.54, 1.807) is 30.5 Å². The van der Waals surface area contributed by atoms with Crippen LogP contribution >= 0.6 is 22.9 Å². The molecule has 0 saturated carbocycles. The summed E-state index contributed by atoms with van der Waals surface area (Å²) in [6.07, 6.45) is 1.56. The molecule has 0 bridgehead atoms. The van der Waals surface area contributed by atoms with Crippen LogP contribution < -0.4 is 10.3 Å².